The highest BCUT2D eigenvalue weighted by Crippen LogP contribution is 2.24. The van der Waals surface area contributed by atoms with Gasteiger partial charge >= 0.3 is 0 Å². The molecule has 8 nitrogen and oxygen atoms in total. The molecule has 0 aliphatic carbocycles. The smallest absolute Gasteiger partial charge is 0.111 e. The summed E-state index contributed by atoms with van der Waals surface area (Å²) >= 11 is 0. The van der Waals surface area contributed by atoms with Crippen molar-refractivity contribution < 1.29 is 40.1 Å². The van der Waals surface area contributed by atoms with Crippen LogP contribution in [-0.2, 0) is 9.47 Å². The van der Waals surface area contributed by atoms with Crippen molar-refractivity contribution in [3.05, 3.63) is 47.0 Å². The molecule has 0 amide bonds. The van der Waals surface area contributed by atoms with E-state index in [1.54, 1.807) is 0 Å². The number of ether oxygens (including phenoxy) is 2. The maximum absolute atomic E-state index is 10.1. The molecule has 3 rings (SSSR count). The molecule has 8 heteroatoms. The largest absolute Gasteiger partial charge is 0.394 e. The van der Waals surface area contributed by atoms with Crippen LogP contribution in [0.1, 0.15) is 36.0 Å². The van der Waals surface area contributed by atoms with Crippen LogP contribution >= 0.6 is 0 Å². The van der Waals surface area contributed by atoms with Gasteiger partial charge in [0.15, 0.2) is 0 Å². The van der Waals surface area contributed by atoms with E-state index in [0.29, 0.717) is 19.3 Å². The third-order valence-electron chi connectivity index (χ3n) is 6.11. The highest BCUT2D eigenvalue weighted by atomic mass is 16.5. The number of benzene rings is 1. The Morgan fingerprint density at radius 1 is 0.906 bits per heavy atom. The summed E-state index contributed by atoms with van der Waals surface area (Å²) < 4.78 is 11.0. The SMILES string of the molecule is Cc1cc(/C=C/C[C@@H]2C[C@@H](O)[C@H](O)CO2)ccc1/C=C/C[C@H]1O[C@H](CO)[C@@H](O)[C@H](O)[C@@H]1O. The molecule has 2 aliphatic rings. The molecule has 1 aromatic rings. The zero-order chi connectivity index (χ0) is 23.3. The molecular formula is C24H34O8. The van der Waals surface area contributed by atoms with Crippen LogP contribution in [-0.4, -0.2) is 92.7 Å². The normalized spacial score (nSPS) is 36.2. The Balaban J connectivity index is 1.53. The van der Waals surface area contributed by atoms with Gasteiger partial charge in [0.1, 0.15) is 30.5 Å². The number of hydrogen-bond donors (Lipinski definition) is 6. The molecule has 0 aromatic heterocycles. The maximum atomic E-state index is 10.1. The van der Waals surface area contributed by atoms with Crippen LogP contribution in [0, 0.1) is 6.92 Å². The fourth-order valence-electron chi connectivity index (χ4n) is 4.05. The summed E-state index contributed by atoms with van der Waals surface area (Å²) in [6, 6.07) is 6.01. The van der Waals surface area contributed by atoms with Gasteiger partial charge in [-0.25, -0.2) is 0 Å². The van der Waals surface area contributed by atoms with Gasteiger partial charge in [-0.1, -0.05) is 42.5 Å². The molecular weight excluding hydrogens is 416 g/mol. The first-order valence-corrected chi connectivity index (χ1v) is 11.0. The summed E-state index contributed by atoms with van der Waals surface area (Å²) in [4.78, 5) is 0. The minimum absolute atomic E-state index is 0.102. The molecule has 0 saturated carbocycles. The lowest BCUT2D eigenvalue weighted by molar-refractivity contribution is -0.227. The summed E-state index contributed by atoms with van der Waals surface area (Å²) in [5.74, 6) is 0. The number of rotatable bonds is 7. The fourth-order valence-corrected chi connectivity index (χ4v) is 4.05. The second-order valence-electron chi connectivity index (χ2n) is 8.59. The van der Waals surface area contributed by atoms with Crippen LogP contribution in [0.3, 0.4) is 0 Å². The van der Waals surface area contributed by atoms with Gasteiger partial charge < -0.3 is 40.1 Å². The second kappa shape index (κ2) is 11.5. The van der Waals surface area contributed by atoms with E-state index in [1.807, 2.05) is 49.4 Å². The van der Waals surface area contributed by atoms with Gasteiger partial charge in [0.05, 0.1) is 31.5 Å². The lowest BCUT2D eigenvalue weighted by Gasteiger charge is -2.39. The molecule has 2 fully saturated rings. The number of hydrogen-bond acceptors (Lipinski definition) is 8. The van der Waals surface area contributed by atoms with Crippen molar-refractivity contribution in [1.82, 2.24) is 0 Å². The molecule has 0 radical (unpaired) electrons. The Labute approximate surface area is 188 Å². The number of aryl methyl sites for hydroxylation is 1. The number of aliphatic hydroxyl groups is 6. The van der Waals surface area contributed by atoms with Gasteiger partial charge in [-0.05, 0) is 36.5 Å². The first-order chi connectivity index (χ1) is 15.3. The van der Waals surface area contributed by atoms with E-state index in [2.05, 4.69) is 0 Å². The third kappa shape index (κ3) is 6.24. The van der Waals surface area contributed by atoms with Gasteiger partial charge in [-0.3, -0.25) is 0 Å². The zero-order valence-electron chi connectivity index (χ0n) is 18.2. The van der Waals surface area contributed by atoms with Crippen molar-refractivity contribution in [1.29, 1.82) is 0 Å². The highest BCUT2D eigenvalue weighted by Gasteiger charge is 2.42. The van der Waals surface area contributed by atoms with E-state index < -0.39 is 49.3 Å². The van der Waals surface area contributed by atoms with Crippen LogP contribution < -0.4 is 0 Å². The Hall–Kier alpha value is -1.62. The van der Waals surface area contributed by atoms with E-state index in [9.17, 15) is 30.6 Å². The summed E-state index contributed by atoms with van der Waals surface area (Å²) in [7, 11) is 0. The lowest BCUT2D eigenvalue weighted by atomic mass is 9.93. The molecule has 32 heavy (non-hydrogen) atoms. The molecule has 2 aliphatic heterocycles. The van der Waals surface area contributed by atoms with E-state index in [-0.39, 0.29) is 12.7 Å². The highest BCUT2D eigenvalue weighted by molar-refractivity contribution is 5.59. The first-order valence-electron chi connectivity index (χ1n) is 11.0. The Kier molecular flexibility index (Phi) is 8.98. The van der Waals surface area contributed by atoms with Gasteiger partial charge in [0, 0.05) is 6.42 Å². The molecule has 2 saturated heterocycles. The number of aliphatic hydroxyl groups excluding tert-OH is 6. The molecule has 0 spiro atoms. The van der Waals surface area contributed by atoms with Crippen molar-refractivity contribution >= 4 is 12.2 Å². The summed E-state index contributed by atoms with van der Waals surface area (Å²) in [6.07, 6.45) is 1.94. The van der Waals surface area contributed by atoms with Crippen molar-refractivity contribution in [3.63, 3.8) is 0 Å². The monoisotopic (exact) mass is 450 g/mol. The molecule has 0 unspecified atom stereocenters. The van der Waals surface area contributed by atoms with Gasteiger partial charge in [-0.15, -0.1) is 0 Å². The molecule has 6 N–H and O–H groups in total. The van der Waals surface area contributed by atoms with Crippen LogP contribution in [0.2, 0.25) is 0 Å². The van der Waals surface area contributed by atoms with E-state index in [4.69, 9.17) is 9.47 Å². The maximum Gasteiger partial charge on any atom is 0.111 e. The fraction of sp³-hybridized carbons (Fsp3) is 0.583. The molecule has 178 valence electrons. The molecule has 8 atom stereocenters. The Morgan fingerprint density at radius 3 is 2.31 bits per heavy atom. The average Bonchev–Trinajstić information content (AvgIpc) is 2.77. The third-order valence-corrected chi connectivity index (χ3v) is 6.11. The lowest BCUT2D eigenvalue weighted by Crippen LogP contribution is -2.58. The summed E-state index contributed by atoms with van der Waals surface area (Å²) in [5.41, 5.74) is 3.09. The molecule has 0 bridgehead atoms. The van der Waals surface area contributed by atoms with Crippen molar-refractivity contribution in [2.45, 2.75) is 75.0 Å². The van der Waals surface area contributed by atoms with E-state index >= 15 is 0 Å². The van der Waals surface area contributed by atoms with Crippen LogP contribution in [0.25, 0.3) is 12.2 Å². The standard InChI is InChI=1S/C24H34O8/c1-14-10-15(4-2-6-17-11-18(26)19(27)13-31-17)8-9-16(14)5-3-7-20-22(28)24(30)23(29)21(12-25)32-20/h2-5,8-10,17-30H,6-7,11-13H2,1H3/b4-2+,5-3+/t17-,18-,19-,20-,21-,22-,23-,24-/m1/s1. The van der Waals surface area contributed by atoms with Crippen molar-refractivity contribution in [3.8, 4) is 0 Å². The van der Waals surface area contributed by atoms with E-state index in [0.717, 1.165) is 16.7 Å². The van der Waals surface area contributed by atoms with Gasteiger partial charge in [0.25, 0.3) is 0 Å². The van der Waals surface area contributed by atoms with Crippen LogP contribution in [0.15, 0.2) is 30.4 Å². The minimum Gasteiger partial charge on any atom is -0.394 e. The summed E-state index contributed by atoms with van der Waals surface area (Å²) in [5, 5.41) is 58.4. The topological polar surface area (TPSA) is 140 Å². The Bertz CT molecular complexity index is 792. The van der Waals surface area contributed by atoms with Crippen LogP contribution in [0.4, 0.5) is 0 Å². The summed E-state index contributed by atoms with van der Waals surface area (Å²) in [6.45, 7) is 1.71. The van der Waals surface area contributed by atoms with Crippen molar-refractivity contribution in [2.24, 2.45) is 0 Å². The van der Waals surface area contributed by atoms with Crippen molar-refractivity contribution in [2.75, 3.05) is 13.2 Å². The predicted octanol–water partition coefficient (Wildman–Crippen LogP) is 0.155. The quantitative estimate of drug-likeness (QED) is 0.345. The van der Waals surface area contributed by atoms with Gasteiger partial charge in [0.2, 0.25) is 0 Å². The zero-order valence-corrected chi connectivity index (χ0v) is 18.2. The minimum atomic E-state index is -1.36. The van der Waals surface area contributed by atoms with Crippen LogP contribution in [0.5, 0.6) is 0 Å². The molecule has 2 heterocycles. The van der Waals surface area contributed by atoms with E-state index in [1.165, 1.54) is 0 Å². The van der Waals surface area contributed by atoms with Gasteiger partial charge in [-0.2, -0.15) is 0 Å². The average molecular weight is 451 g/mol. The first kappa shape index (κ1) is 25.0. The second-order valence-corrected chi connectivity index (χ2v) is 8.59. The molecule has 1 aromatic carbocycles. The predicted molar refractivity (Wildman–Crippen MR) is 119 cm³/mol. The Morgan fingerprint density at radius 2 is 1.62 bits per heavy atom.